The summed E-state index contributed by atoms with van der Waals surface area (Å²) in [5, 5.41) is 8.23. The molecule has 1 aliphatic rings. The van der Waals surface area contributed by atoms with E-state index in [1.807, 2.05) is 49.4 Å². The summed E-state index contributed by atoms with van der Waals surface area (Å²) in [6.45, 7) is 8.73. The second-order valence-corrected chi connectivity index (χ2v) is 11.5. The van der Waals surface area contributed by atoms with Crippen molar-refractivity contribution in [3.05, 3.63) is 70.4 Å². The molecule has 1 unspecified atom stereocenters. The molecular formula is C28H33ClN4O3S. The third-order valence-corrected chi connectivity index (χ3v) is 7.73. The molecule has 196 valence electrons. The van der Waals surface area contributed by atoms with Crippen LogP contribution in [0.15, 0.2) is 48.5 Å². The predicted octanol–water partition coefficient (Wildman–Crippen LogP) is 5.53. The largest absolute Gasteiger partial charge is 0.496 e. The molecule has 4 rings (SSSR count). The number of halogens is 1. The van der Waals surface area contributed by atoms with E-state index in [1.165, 1.54) is 11.8 Å². The monoisotopic (exact) mass is 540 g/mol. The number of hydrogen-bond acceptors (Lipinski definition) is 5. The number of rotatable bonds is 7. The highest BCUT2D eigenvalue weighted by Crippen LogP contribution is 2.50. The average molecular weight is 541 g/mol. The second-order valence-electron chi connectivity index (χ2n) is 9.96. The first-order valence-corrected chi connectivity index (χ1v) is 13.8. The predicted molar refractivity (Wildman–Crippen MR) is 150 cm³/mol. The number of thioether (sulfide) groups is 1. The minimum atomic E-state index is -0.360. The number of hydrogen-bond donors (Lipinski definition) is 1. The molecule has 0 saturated carbocycles. The Kier molecular flexibility index (Phi) is 8.19. The van der Waals surface area contributed by atoms with Crippen molar-refractivity contribution < 1.29 is 14.3 Å². The maximum Gasteiger partial charge on any atom is 0.240 e. The Morgan fingerprint density at radius 1 is 1.19 bits per heavy atom. The number of nitrogens with one attached hydrogen (secondary N) is 1. The third kappa shape index (κ3) is 5.50. The summed E-state index contributed by atoms with van der Waals surface area (Å²) in [6, 6.07) is 15.3. The number of aromatic nitrogens is 2. The zero-order valence-electron chi connectivity index (χ0n) is 21.9. The number of methoxy groups -OCH3 is 1. The van der Waals surface area contributed by atoms with Crippen molar-refractivity contribution >= 4 is 41.0 Å². The number of para-hydroxylation sites is 2. The van der Waals surface area contributed by atoms with Crippen LogP contribution >= 0.6 is 23.4 Å². The Morgan fingerprint density at radius 2 is 1.89 bits per heavy atom. The van der Waals surface area contributed by atoms with E-state index >= 15 is 0 Å². The van der Waals surface area contributed by atoms with E-state index in [1.54, 1.807) is 22.8 Å². The fourth-order valence-corrected chi connectivity index (χ4v) is 5.90. The third-order valence-electron chi connectivity index (χ3n) is 6.18. The molecule has 9 heteroatoms. The number of anilines is 1. The maximum atomic E-state index is 13.7. The van der Waals surface area contributed by atoms with E-state index in [0.717, 1.165) is 29.0 Å². The zero-order valence-corrected chi connectivity index (χ0v) is 23.4. The molecule has 0 fully saturated rings. The summed E-state index contributed by atoms with van der Waals surface area (Å²) in [5.74, 6) is 1.12. The number of amides is 2. The average Bonchev–Trinajstić information content (AvgIpc) is 3.21. The van der Waals surface area contributed by atoms with Crippen molar-refractivity contribution in [2.45, 2.75) is 44.8 Å². The van der Waals surface area contributed by atoms with Crippen LogP contribution in [0.25, 0.3) is 5.69 Å². The Hall–Kier alpha value is -2.97. The lowest BCUT2D eigenvalue weighted by atomic mass is 9.87. The van der Waals surface area contributed by atoms with Crippen molar-refractivity contribution in [3.8, 4) is 11.4 Å². The molecule has 1 aromatic heterocycles. The van der Waals surface area contributed by atoms with Gasteiger partial charge in [0.25, 0.3) is 0 Å². The highest BCUT2D eigenvalue weighted by molar-refractivity contribution is 8.00. The van der Waals surface area contributed by atoms with Crippen molar-refractivity contribution in [1.82, 2.24) is 15.1 Å². The van der Waals surface area contributed by atoms with E-state index in [-0.39, 0.29) is 34.8 Å². The summed E-state index contributed by atoms with van der Waals surface area (Å²) >= 11 is 8.18. The summed E-state index contributed by atoms with van der Waals surface area (Å²) in [5.41, 5.74) is 2.95. The van der Waals surface area contributed by atoms with E-state index in [0.29, 0.717) is 23.1 Å². The first-order valence-electron chi connectivity index (χ1n) is 12.4. The van der Waals surface area contributed by atoms with Crippen LogP contribution in [0.3, 0.4) is 0 Å². The second kappa shape index (κ2) is 11.2. The standard InChI is InChI=1S/C28H33ClN4O3S/c1-6-15-30-22(34)16-32-23(35)17-37-25(18-11-7-10-14-21(18)36-5)24-26(28(2,3)4)31-33(27(24)32)20-13-9-8-12-19(20)29/h7-14,25H,6,15-17H2,1-5H3,(H,30,34). The minimum Gasteiger partial charge on any atom is -0.496 e. The zero-order chi connectivity index (χ0) is 26.7. The Bertz CT molecular complexity index is 1300. The summed E-state index contributed by atoms with van der Waals surface area (Å²) in [4.78, 5) is 28.1. The first-order chi connectivity index (χ1) is 17.7. The van der Waals surface area contributed by atoms with Gasteiger partial charge in [-0.15, -0.1) is 11.8 Å². The van der Waals surface area contributed by atoms with Crippen LogP contribution in [0.2, 0.25) is 5.02 Å². The molecule has 1 N–H and O–H groups in total. The smallest absolute Gasteiger partial charge is 0.240 e. The number of nitrogens with zero attached hydrogens (tertiary/aromatic N) is 3. The minimum absolute atomic E-state index is 0.106. The number of fused-ring (bicyclic) bond motifs is 1. The molecule has 37 heavy (non-hydrogen) atoms. The van der Waals surface area contributed by atoms with Gasteiger partial charge in [-0.05, 0) is 24.6 Å². The molecule has 2 heterocycles. The number of benzene rings is 2. The number of ether oxygens (including phenoxy) is 1. The number of carbonyl (C=O) groups is 2. The van der Waals surface area contributed by atoms with E-state index < -0.39 is 0 Å². The van der Waals surface area contributed by atoms with E-state index in [2.05, 4.69) is 26.1 Å². The van der Waals surface area contributed by atoms with Gasteiger partial charge in [0, 0.05) is 23.1 Å². The van der Waals surface area contributed by atoms with Crippen LogP contribution in [0.4, 0.5) is 5.82 Å². The van der Waals surface area contributed by atoms with Gasteiger partial charge in [-0.3, -0.25) is 14.5 Å². The molecule has 0 saturated heterocycles. The van der Waals surface area contributed by atoms with Crippen LogP contribution in [-0.2, 0) is 15.0 Å². The summed E-state index contributed by atoms with van der Waals surface area (Å²) in [6.07, 6.45) is 0.808. The lowest BCUT2D eigenvalue weighted by molar-refractivity contribution is -0.122. The Morgan fingerprint density at radius 3 is 2.57 bits per heavy atom. The van der Waals surface area contributed by atoms with Gasteiger partial charge in [0.1, 0.15) is 18.1 Å². The van der Waals surface area contributed by atoms with Crippen LogP contribution < -0.4 is 15.0 Å². The SMILES string of the molecule is CCCNC(=O)CN1C(=O)CSC(c2ccccc2OC)c2c(C(C)(C)C)nn(-c3ccccc3Cl)c21. The topological polar surface area (TPSA) is 76.5 Å². The van der Waals surface area contributed by atoms with Gasteiger partial charge >= 0.3 is 0 Å². The normalized spacial score (nSPS) is 15.8. The Labute approximate surface area is 227 Å². The van der Waals surface area contributed by atoms with Gasteiger partial charge in [0.2, 0.25) is 11.8 Å². The Balaban J connectivity index is 2.04. The molecule has 0 spiro atoms. The molecule has 3 aromatic rings. The molecule has 7 nitrogen and oxygen atoms in total. The quantitative estimate of drug-likeness (QED) is 0.426. The molecule has 0 bridgehead atoms. The molecule has 2 amide bonds. The van der Waals surface area contributed by atoms with Gasteiger partial charge < -0.3 is 10.1 Å². The molecule has 1 aliphatic heterocycles. The van der Waals surface area contributed by atoms with Gasteiger partial charge in [0.05, 0.1) is 34.5 Å². The highest BCUT2D eigenvalue weighted by atomic mass is 35.5. The molecule has 2 aromatic carbocycles. The van der Waals surface area contributed by atoms with Gasteiger partial charge in [0.15, 0.2) is 0 Å². The van der Waals surface area contributed by atoms with Crippen molar-refractivity contribution in [2.75, 3.05) is 30.9 Å². The summed E-state index contributed by atoms with van der Waals surface area (Å²) < 4.78 is 7.46. The lowest BCUT2D eigenvalue weighted by Gasteiger charge is -2.25. The summed E-state index contributed by atoms with van der Waals surface area (Å²) in [7, 11) is 1.65. The van der Waals surface area contributed by atoms with Crippen molar-refractivity contribution in [1.29, 1.82) is 0 Å². The van der Waals surface area contributed by atoms with Crippen LogP contribution in [0.1, 0.15) is 56.2 Å². The maximum absolute atomic E-state index is 13.7. The van der Waals surface area contributed by atoms with Crippen molar-refractivity contribution in [3.63, 3.8) is 0 Å². The van der Waals surface area contributed by atoms with Crippen LogP contribution in [-0.4, -0.2) is 47.5 Å². The van der Waals surface area contributed by atoms with Gasteiger partial charge in [-0.1, -0.05) is 69.6 Å². The molecule has 0 aliphatic carbocycles. The highest BCUT2D eigenvalue weighted by Gasteiger charge is 2.40. The molecule has 1 atom stereocenters. The van der Waals surface area contributed by atoms with E-state index in [9.17, 15) is 9.59 Å². The van der Waals surface area contributed by atoms with Crippen LogP contribution in [0, 0.1) is 0 Å². The fraction of sp³-hybridized carbons (Fsp3) is 0.393. The molecular weight excluding hydrogens is 508 g/mol. The molecule has 0 radical (unpaired) electrons. The fourth-order valence-electron chi connectivity index (χ4n) is 4.46. The van der Waals surface area contributed by atoms with E-state index in [4.69, 9.17) is 21.4 Å². The number of carbonyl (C=O) groups excluding carboxylic acids is 2. The van der Waals surface area contributed by atoms with Crippen molar-refractivity contribution in [2.24, 2.45) is 0 Å². The van der Waals surface area contributed by atoms with Gasteiger partial charge in [-0.25, -0.2) is 4.68 Å². The van der Waals surface area contributed by atoms with Crippen LogP contribution in [0.5, 0.6) is 5.75 Å². The lowest BCUT2D eigenvalue weighted by Crippen LogP contribution is -2.42. The first kappa shape index (κ1) is 27.1. The van der Waals surface area contributed by atoms with Gasteiger partial charge in [-0.2, -0.15) is 5.10 Å².